The lowest BCUT2D eigenvalue weighted by atomic mass is 10.1. The normalized spacial score (nSPS) is 22.7. The molecule has 0 bridgehead atoms. The summed E-state index contributed by atoms with van der Waals surface area (Å²) in [4.78, 5) is 8.24. The van der Waals surface area contributed by atoms with E-state index < -0.39 is 0 Å². The summed E-state index contributed by atoms with van der Waals surface area (Å²) in [7, 11) is 0. The standard InChI is InChI=1S/C13H21N3O2/c1-4-10-5-12(16-9-15-10)17-7-11-6-14-8-13(2,3)18-11/h5,9,11,14H,4,6-8H2,1-3H3. The summed E-state index contributed by atoms with van der Waals surface area (Å²) < 4.78 is 11.6. The maximum atomic E-state index is 5.92. The average molecular weight is 251 g/mol. The number of nitrogens with zero attached hydrogens (tertiary/aromatic N) is 2. The molecule has 0 aromatic carbocycles. The van der Waals surface area contributed by atoms with E-state index in [0.717, 1.165) is 25.2 Å². The highest BCUT2D eigenvalue weighted by molar-refractivity contribution is 5.13. The van der Waals surface area contributed by atoms with E-state index >= 15 is 0 Å². The summed E-state index contributed by atoms with van der Waals surface area (Å²) in [6, 6.07) is 1.88. The quantitative estimate of drug-likeness (QED) is 0.871. The van der Waals surface area contributed by atoms with Gasteiger partial charge in [0.15, 0.2) is 0 Å². The maximum Gasteiger partial charge on any atom is 0.216 e. The van der Waals surface area contributed by atoms with Crippen LogP contribution in [0.1, 0.15) is 26.5 Å². The lowest BCUT2D eigenvalue weighted by molar-refractivity contribution is -0.107. The minimum Gasteiger partial charge on any atom is -0.475 e. The van der Waals surface area contributed by atoms with E-state index in [1.54, 1.807) is 0 Å². The Labute approximate surface area is 108 Å². The van der Waals surface area contributed by atoms with E-state index in [9.17, 15) is 0 Å². The first-order valence-electron chi connectivity index (χ1n) is 6.41. The van der Waals surface area contributed by atoms with Gasteiger partial charge in [-0.2, -0.15) is 0 Å². The number of hydrogen-bond donors (Lipinski definition) is 1. The van der Waals surface area contributed by atoms with E-state index in [-0.39, 0.29) is 11.7 Å². The van der Waals surface area contributed by atoms with Crippen LogP contribution in [0.25, 0.3) is 0 Å². The van der Waals surface area contributed by atoms with Crippen molar-refractivity contribution < 1.29 is 9.47 Å². The molecule has 1 aliphatic heterocycles. The third-order valence-electron chi connectivity index (χ3n) is 2.89. The molecule has 5 nitrogen and oxygen atoms in total. The summed E-state index contributed by atoms with van der Waals surface area (Å²) >= 11 is 0. The van der Waals surface area contributed by atoms with Gasteiger partial charge < -0.3 is 14.8 Å². The van der Waals surface area contributed by atoms with E-state index in [1.165, 1.54) is 6.33 Å². The number of morpholine rings is 1. The first kappa shape index (κ1) is 13.2. The first-order valence-corrected chi connectivity index (χ1v) is 6.41. The first-order chi connectivity index (χ1) is 8.59. The topological polar surface area (TPSA) is 56.3 Å². The largest absolute Gasteiger partial charge is 0.475 e. The Kier molecular flexibility index (Phi) is 4.14. The van der Waals surface area contributed by atoms with Gasteiger partial charge in [-0.15, -0.1) is 0 Å². The van der Waals surface area contributed by atoms with E-state index in [2.05, 4.69) is 36.1 Å². The van der Waals surface area contributed by atoms with Crippen molar-refractivity contribution in [3.8, 4) is 5.88 Å². The Hall–Kier alpha value is -1.20. The van der Waals surface area contributed by atoms with Crippen molar-refractivity contribution in [1.29, 1.82) is 0 Å². The molecule has 5 heteroatoms. The third-order valence-corrected chi connectivity index (χ3v) is 2.89. The molecular formula is C13H21N3O2. The van der Waals surface area contributed by atoms with Crippen LogP contribution in [-0.4, -0.2) is 41.4 Å². The molecule has 18 heavy (non-hydrogen) atoms. The summed E-state index contributed by atoms with van der Waals surface area (Å²) in [5.41, 5.74) is 0.856. The Morgan fingerprint density at radius 2 is 2.33 bits per heavy atom. The van der Waals surface area contributed by atoms with Crippen molar-refractivity contribution >= 4 is 0 Å². The van der Waals surface area contributed by atoms with Gasteiger partial charge in [0.25, 0.3) is 0 Å². The molecular weight excluding hydrogens is 230 g/mol. The molecule has 0 aliphatic carbocycles. The van der Waals surface area contributed by atoms with Gasteiger partial charge in [-0.25, -0.2) is 9.97 Å². The molecule has 1 aliphatic rings. The number of aryl methyl sites for hydroxylation is 1. The van der Waals surface area contributed by atoms with Gasteiger partial charge in [0.1, 0.15) is 19.0 Å². The maximum absolute atomic E-state index is 5.92. The molecule has 100 valence electrons. The fraction of sp³-hybridized carbons (Fsp3) is 0.692. The van der Waals surface area contributed by atoms with Crippen LogP contribution in [0, 0.1) is 0 Å². The highest BCUT2D eigenvalue weighted by Gasteiger charge is 2.28. The second-order valence-electron chi connectivity index (χ2n) is 5.14. The second kappa shape index (κ2) is 5.63. The summed E-state index contributed by atoms with van der Waals surface area (Å²) in [5, 5.41) is 3.35. The van der Waals surface area contributed by atoms with Gasteiger partial charge in [0.05, 0.1) is 5.60 Å². The van der Waals surface area contributed by atoms with Crippen molar-refractivity contribution in [1.82, 2.24) is 15.3 Å². The zero-order valence-corrected chi connectivity index (χ0v) is 11.3. The van der Waals surface area contributed by atoms with Gasteiger partial charge in [0, 0.05) is 24.8 Å². The number of ether oxygens (including phenoxy) is 2. The van der Waals surface area contributed by atoms with Crippen molar-refractivity contribution in [2.24, 2.45) is 0 Å². The van der Waals surface area contributed by atoms with E-state index in [1.807, 2.05) is 6.07 Å². The van der Waals surface area contributed by atoms with Gasteiger partial charge >= 0.3 is 0 Å². The van der Waals surface area contributed by atoms with Gasteiger partial charge in [-0.3, -0.25) is 0 Å². The van der Waals surface area contributed by atoms with Crippen LogP contribution in [0.4, 0.5) is 0 Å². The van der Waals surface area contributed by atoms with Crippen molar-refractivity contribution in [3.63, 3.8) is 0 Å². The van der Waals surface area contributed by atoms with Crippen LogP contribution in [0.15, 0.2) is 12.4 Å². The lowest BCUT2D eigenvalue weighted by Crippen LogP contribution is -2.52. The molecule has 0 radical (unpaired) electrons. The smallest absolute Gasteiger partial charge is 0.216 e. The summed E-state index contributed by atoms with van der Waals surface area (Å²) in [6.07, 6.45) is 2.49. The zero-order valence-electron chi connectivity index (χ0n) is 11.3. The van der Waals surface area contributed by atoms with Crippen LogP contribution in [-0.2, 0) is 11.2 Å². The molecule has 0 saturated carbocycles. The Bertz CT molecular complexity index is 396. The lowest BCUT2D eigenvalue weighted by Gasteiger charge is -2.36. The fourth-order valence-electron chi connectivity index (χ4n) is 1.99. The van der Waals surface area contributed by atoms with Gasteiger partial charge in [0.2, 0.25) is 5.88 Å². The molecule has 1 fully saturated rings. The van der Waals surface area contributed by atoms with E-state index in [0.29, 0.717) is 12.5 Å². The minimum atomic E-state index is -0.132. The Morgan fingerprint density at radius 1 is 1.50 bits per heavy atom. The highest BCUT2D eigenvalue weighted by Crippen LogP contribution is 2.16. The molecule has 2 heterocycles. The molecule has 1 saturated heterocycles. The van der Waals surface area contributed by atoms with Crippen LogP contribution in [0.2, 0.25) is 0 Å². The number of nitrogens with one attached hydrogen (secondary N) is 1. The number of rotatable bonds is 4. The SMILES string of the molecule is CCc1cc(OCC2CNCC(C)(C)O2)ncn1. The Morgan fingerprint density at radius 3 is 3.06 bits per heavy atom. The zero-order chi connectivity index (χ0) is 13.0. The van der Waals surface area contributed by atoms with Gasteiger partial charge in [-0.1, -0.05) is 6.92 Å². The van der Waals surface area contributed by atoms with Crippen molar-refractivity contribution in [2.75, 3.05) is 19.7 Å². The molecule has 1 atom stereocenters. The number of aromatic nitrogens is 2. The molecule has 1 aromatic rings. The predicted molar refractivity (Wildman–Crippen MR) is 68.7 cm³/mol. The second-order valence-corrected chi connectivity index (χ2v) is 5.14. The molecule has 0 spiro atoms. The van der Waals surface area contributed by atoms with Crippen LogP contribution >= 0.6 is 0 Å². The fourth-order valence-corrected chi connectivity index (χ4v) is 1.99. The number of hydrogen-bond acceptors (Lipinski definition) is 5. The Balaban J connectivity index is 1.87. The highest BCUT2D eigenvalue weighted by atomic mass is 16.6. The summed E-state index contributed by atoms with van der Waals surface area (Å²) in [6.45, 7) is 8.41. The van der Waals surface area contributed by atoms with Crippen LogP contribution < -0.4 is 10.1 Å². The molecule has 0 amide bonds. The van der Waals surface area contributed by atoms with E-state index in [4.69, 9.17) is 9.47 Å². The molecule has 2 rings (SSSR count). The molecule has 1 unspecified atom stereocenters. The van der Waals surface area contributed by atoms with Crippen LogP contribution in [0.3, 0.4) is 0 Å². The summed E-state index contributed by atoms with van der Waals surface area (Å²) in [5.74, 6) is 0.619. The minimum absolute atomic E-state index is 0.0637. The molecule has 1 aromatic heterocycles. The average Bonchev–Trinajstić information content (AvgIpc) is 2.35. The van der Waals surface area contributed by atoms with Crippen molar-refractivity contribution in [3.05, 3.63) is 18.1 Å². The molecule has 1 N–H and O–H groups in total. The predicted octanol–water partition coefficient (Wildman–Crippen LogP) is 1.18. The monoisotopic (exact) mass is 251 g/mol. The van der Waals surface area contributed by atoms with Crippen molar-refractivity contribution in [2.45, 2.75) is 38.9 Å². The van der Waals surface area contributed by atoms with Gasteiger partial charge in [-0.05, 0) is 20.3 Å². The third kappa shape index (κ3) is 3.65. The van der Waals surface area contributed by atoms with Crippen LogP contribution in [0.5, 0.6) is 5.88 Å².